The van der Waals surface area contributed by atoms with Gasteiger partial charge in [0.2, 0.25) is 0 Å². The lowest BCUT2D eigenvalue weighted by Crippen LogP contribution is -2.17. The second-order valence-electron chi connectivity index (χ2n) is 5.04. The topological polar surface area (TPSA) is 62.9 Å². The first kappa shape index (κ1) is 21.7. The molecule has 0 radical (unpaired) electrons. The van der Waals surface area contributed by atoms with Crippen molar-refractivity contribution < 1.29 is 32.1 Å². The Kier molecular flexibility index (Phi) is 7.41. The second-order valence-corrected chi connectivity index (χ2v) is 5.04. The minimum absolute atomic E-state index is 0. The zero-order valence-electron chi connectivity index (χ0n) is 14.3. The standard InChI is InChI=1S/C17H18F3NO4.ClH/c1-22-13-9-15(24-3)14(23-2)8-12(13)16(21)10-4-6-11(7-5-10)25-17(18,19)20;/h4-9,16H,21H2,1-3H3;1H/t16-;/m0./s1. The van der Waals surface area contributed by atoms with Crippen LogP contribution in [0.15, 0.2) is 36.4 Å². The lowest BCUT2D eigenvalue weighted by Gasteiger charge is -2.19. The van der Waals surface area contributed by atoms with Crippen LogP contribution in [0.2, 0.25) is 0 Å². The molecular formula is C17H19ClF3NO4. The molecule has 0 saturated carbocycles. The maximum atomic E-state index is 12.2. The van der Waals surface area contributed by atoms with Crippen LogP contribution in [0.25, 0.3) is 0 Å². The van der Waals surface area contributed by atoms with Crippen molar-refractivity contribution in [2.75, 3.05) is 21.3 Å². The fourth-order valence-electron chi connectivity index (χ4n) is 2.35. The van der Waals surface area contributed by atoms with E-state index >= 15 is 0 Å². The van der Waals surface area contributed by atoms with E-state index in [2.05, 4.69) is 4.74 Å². The van der Waals surface area contributed by atoms with E-state index in [0.717, 1.165) is 0 Å². The predicted molar refractivity (Wildman–Crippen MR) is 92.5 cm³/mol. The SMILES string of the molecule is COc1cc(OC)c([C@@H](N)c2ccc(OC(F)(F)F)cc2)cc1OC.Cl. The third kappa shape index (κ3) is 5.09. The Bertz CT molecular complexity index is 723. The summed E-state index contributed by atoms with van der Waals surface area (Å²) in [6.07, 6.45) is -4.74. The van der Waals surface area contributed by atoms with Crippen LogP contribution >= 0.6 is 12.4 Å². The Morgan fingerprint density at radius 3 is 1.81 bits per heavy atom. The van der Waals surface area contributed by atoms with Crippen molar-refractivity contribution >= 4 is 12.4 Å². The van der Waals surface area contributed by atoms with Gasteiger partial charge in [0.15, 0.2) is 11.5 Å². The first-order chi connectivity index (χ1) is 11.8. The minimum Gasteiger partial charge on any atom is -0.496 e. The Balaban J connectivity index is 0.00000338. The molecule has 0 spiro atoms. The molecule has 0 aliphatic heterocycles. The van der Waals surface area contributed by atoms with Crippen molar-refractivity contribution in [3.63, 3.8) is 0 Å². The summed E-state index contributed by atoms with van der Waals surface area (Å²) in [7, 11) is 4.47. The Morgan fingerprint density at radius 1 is 0.846 bits per heavy atom. The lowest BCUT2D eigenvalue weighted by atomic mass is 9.98. The van der Waals surface area contributed by atoms with Gasteiger partial charge in [-0.3, -0.25) is 0 Å². The summed E-state index contributed by atoms with van der Waals surface area (Å²) < 4.78 is 56.3. The van der Waals surface area contributed by atoms with Crippen LogP contribution in [0.5, 0.6) is 23.0 Å². The van der Waals surface area contributed by atoms with Gasteiger partial charge in [-0.1, -0.05) is 12.1 Å². The number of rotatable bonds is 6. The largest absolute Gasteiger partial charge is 0.573 e. The molecule has 2 aromatic carbocycles. The quantitative estimate of drug-likeness (QED) is 0.801. The number of nitrogens with two attached hydrogens (primary N) is 1. The van der Waals surface area contributed by atoms with E-state index in [-0.39, 0.29) is 18.2 Å². The van der Waals surface area contributed by atoms with Crippen LogP contribution in [0.1, 0.15) is 17.2 Å². The van der Waals surface area contributed by atoms with Crippen molar-refractivity contribution in [2.24, 2.45) is 5.73 Å². The lowest BCUT2D eigenvalue weighted by molar-refractivity contribution is -0.274. The van der Waals surface area contributed by atoms with Gasteiger partial charge in [0.1, 0.15) is 11.5 Å². The first-order valence-corrected chi connectivity index (χ1v) is 7.20. The Morgan fingerprint density at radius 2 is 1.35 bits per heavy atom. The number of benzene rings is 2. The van der Waals surface area contributed by atoms with E-state index in [1.165, 1.54) is 45.6 Å². The zero-order valence-corrected chi connectivity index (χ0v) is 15.1. The van der Waals surface area contributed by atoms with Crippen LogP contribution in [-0.4, -0.2) is 27.7 Å². The Labute approximate surface area is 155 Å². The monoisotopic (exact) mass is 393 g/mol. The highest BCUT2D eigenvalue weighted by Gasteiger charge is 2.31. The average Bonchev–Trinajstić information content (AvgIpc) is 2.59. The number of ether oxygens (including phenoxy) is 4. The van der Waals surface area contributed by atoms with Gasteiger partial charge in [-0.05, 0) is 23.8 Å². The third-order valence-corrected chi connectivity index (χ3v) is 3.54. The van der Waals surface area contributed by atoms with Crippen LogP contribution in [0, 0.1) is 0 Å². The first-order valence-electron chi connectivity index (χ1n) is 7.20. The third-order valence-electron chi connectivity index (χ3n) is 3.54. The van der Waals surface area contributed by atoms with Crippen LogP contribution in [0.4, 0.5) is 13.2 Å². The van der Waals surface area contributed by atoms with Crippen molar-refractivity contribution in [1.82, 2.24) is 0 Å². The molecule has 0 unspecified atom stereocenters. The highest BCUT2D eigenvalue weighted by molar-refractivity contribution is 5.85. The zero-order chi connectivity index (χ0) is 18.6. The van der Waals surface area contributed by atoms with Gasteiger partial charge in [0, 0.05) is 11.6 Å². The van der Waals surface area contributed by atoms with Crippen molar-refractivity contribution in [3.05, 3.63) is 47.5 Å². The highest BCUT2D eigenvalue weighted by atomic mass is 35.5. The number of halogens is 4. The molecule has 0 bridgehead atoms. The molecule has 2 N–H and O–H groups in total. The van der Waals surface area contributed by atoms with Crippen molar-refractivity contribution in [1.29, 1.82) is 0 Å². The summed E-state index contributed by atoms with van der Waals surface area (Å²) in [4.78, 5) is 0. The van der Waals surface area contributed by atoms with Gasteiger partial charge < -0.3 is 24.7 Å². The number of methoxy groups -OCH3 is 3. The average molecular weight is 394 g/mol. The molecule has 0 fully saturated rings. The molecule has 0 heterocycles. The van der Waals surface area contributed by atoms with E-state index in [0.29, 0.717) is 28.4 Å². The smallest absolute Gasteiger partial charge is 0.496 e. The molecule has 26 heavy (non-hydrogen) atoms. The molecule has 9 heteroatoms. The normalized spacial score (nSPS) is 12.0. The molecule has 2 aromatic rings. The number of alkyl halides is 3. The van der Waals surface area contributed by atoms with Crippen LogP contribution in [0.3, 0.4) is 0 Å². The van der Waals surface area contributed by atoms with E-state index in [1.54, 1.807) is 12.1 Å². The number of hydrogen-bond donors (Lipinski definition) is 1. The summed E-state index contributed by atoms with van der Waals surface area (Å²) in [5.74, 6) is 1.10. The predicted octanol–water partition coefficient (Wildman–Crippen LogP) is 4.08. The Hall–Kier alpha value is -2.32. The molecule has 0 saturated heterocycles. The fraction of sp³-hybridized carbons (Fsp3) is 0.294. The van der Waals surface area contributed by atoms with Crippen LogP contribution in [-0.2, 0) is 0 Å². The second kappa shape index (κ2) is 8.86. The molecule has 0 aliphatic rings. The van der Waals surface area contributed by atoms with E-state index in [9.17, 15) is 13.2 Å². The van der Waals surface area contributed by atoms with Gasteiger partial charge in [-0.15, -0.1) is 25.6 Å². The van der Waals surface area contributed by atoms with E-state index < -0.39 is 12.4 Å². The molecular weight excluding hydrogens is 375 g/mol. The molecule has 2 rings (SSSR count). The van der Waals surface area contributed by atoms with Gasteiger partial charge in [0.25, 0.3) is 0 Å². The molecule has 144 valence electrons. The minimum atomic E-state index is -4.74. The van der Waals surface area contributed by atoms with Crippen LogP contribution < -0.4 is 24.7 Å². The molecule has 0 aliphatic carbocycles. The number of hydrogen-bond acceptors (Lipinski definition) is 5. The summed E-state index contributed by atoms with van der Waals surface area (Å²) in [6, 6.07) is 7.99. The summed E-state index contributed by atoms with van der Waals surface area (Å²) in [6.45, 7) is 0. The van der Waals surface area contributed by atoms with Gasteiger partial charge >= 0.3 is 6.36 Å². The van der Waals surface area contributed by atoms with E-state index in [4.69, 9.17) is 19.9 Å². The molecule has 0 aromatic heterocycles. The van der Waals surface area contributed by atoms with Gasteiger partial charge in [0.05, 0.1) is 27.4 Å². The highest BCUT2D eigenvalue weighted by Crippen LogP contribution is 2.38. The van der Waals surface area contributed by atoms with E-state index in [1.807, 2.05) is 0 Å². The van der Waals surface area contributed by atoms with Gasteiger partial charge in [-0.25, -0.2) is 0 Å². The summed E-state index contributed by atoms with van der Waals surface area (Å²) in [5.41, 5.74) is 7.43. The van der Waals surface area contributed by atoms with Gasteiger partial charge in [-0.2, -0.15) is 0 Å². The van der Waals surface area contributed by atoms with Crippen molar-refractivity contribution in [2.45, 2.75) is 12.4 Å². The molecule has 1 atom stereocenters. The maximum absolute atomic E-state index is 12.2. The summed E-state index contributed by atoms with van der Waals surface area (Å²) >= 11 is 0. The maximum Gasteiger partial charge on any atom is 0.573 e. The molecule has 0 amide bonds. The van der Waals surface area contributed by atoms with Crippen molar-refractivity contribution in [3.8, 4) is 23.0 Å². The molecule has 5 nitrogen and oxygen atoms in total. The summed E-state index contributed by atoms with van der Waals surface area (Å²) in [5, 5.41) is 0. The fourth-order valence-corrected chi connectivity index (χ4v) is 2.35.